The first-order valence-corrected chi connectivity index (χ1v) is 8.72. The van der Waals surface area contributed by atoms with Crippen molar-refractivity contribution in [2.24, 2.45) is 11.0 Å². The minimum absolute atomic E-state index is 0.0742. The lowest BCUT2D eigenvalue weighted by molar-refractivity contribution is -0.121. The molecule has 1 aromatic heterocycles. The van der Waals surface area contributed by atoms with Gasteiger partial charge in [0, 0.05) is 17.7 Å². The fourth-order valence-corrected chi connectivity index (χ4v) is 2.35. The monoisotopic (exact) mass is 372 g/mol. The predicted molar refractivity (Wildman–Crippen MR) is 103 cm³/mol. The van der Waals surface area contributed by atoms with Crippen LogP contribution in [0.1, 0.15) is 37.1 Å². The standard InChI is InChI=1S/C19H24N4O4/c1-12(2)11-27-15-6-4-5-14(9-15)10-20-23-17(24)8-7-16-13(3)21-19(26)22-18(16)25/h4-6,9-10,12H,7-8,11H2,1-3H3,(H,23,24)(H2,21,22,25,26)/b20-10+. The highest BCUT2D eigenvalue weighted by atomic mass is 16.5. The van der Waals surface area contributed by atoms with E-state index in [0.29, 0.717) is 23.8 Å². The van der Waals surface area contributed by atoms with Crippen LogP contribution in [0.3, 0.4) is 0 Å². The molecule has 1 heterocycles. The van der Waals surface area contributed by atoms with Gasteiger partial charge < -0.3 is 9.72 Å². The first-order chi connectivity index (χ1) is 12.8. The molecule has 0 aliphatic rings. The van der Waals surface area contributed by atoms with E-state index in [-0.39, 0.29) is 18.7 Å². The topological polar surface area (TPSA) is 116 Å². The van der Waals surface area contributed by atoms with Crippen molar-refractivity contribution in [3.8, 4) is 5.75 Å². The van der Waals surface area contributed by atoms with Crippen LogP contribution in [0.2, 0.25) is 0 Å². The lowest BCUT2D eigenvalue weighted by Gasteiger charge is -2.08. The second-order valence-corrected chi connectivity index (χ2v) is 6.58. The number of H-pyrrole nitrogens is 2. The number of carbonyl (C=O) groups is 1. The molecule has 144 valence electrons. The van der Waals surface area contributed by atoms with Gasteiger partial charge in [0.2, 0.25) is 5.91 Å². The van der Waals surface area contributed by atoms with Gasteiger partial charge >= 0.3 is 5.69 Å². The molecule has 1 amide bonds. The van der Waals surface area contributed by atoms with Gasteiger partial charge in [-0.3, -0.25) is 14.6 Å². The van der Waals surface area contributed by atoms with E-state index in [2.05, 4.69) is 34.3 Å². The lowest BCUT2D eigenvalue weighted by atomic mass is 10.1. The Morgan fingerprint density at radius 1 is 1.30 bits per heavy atom. The highest BCUT2D eigenvalue weighted by Gasteiger charge is 2.08. The van der Waals surface area contributed by atoms with Crippen LogP contribution in [0.15, 0.2) is 39.0 Å². The summed E-state index contributed by atoms with van der Waals surface area (Å²) in [7, 11) is 0. The molecular weight excluding hydrogens is 348 g/mol. The molecule has 0 atom stereocenters. The van der Waals surface area contributed by atoms with Crippen molar-refractivity contribution in [1.29, 1.82) is 0 Å². The molecule has 0 spiro atoms. The number of nitrogens with one attached hydrogen (secondary N) is 3. The molecule has 0 aliphatic heterocycles. The smallest absolute Gasteiger partial charge is 0.325 e. The summed E-state index contributed by atoms with van der Waals surface area (Å²) in [6.07, 6.45) is 1.81. The zero-order valence-corrected chi connectivity index (χ0v) is 15.7. The Labute approximate surface area is 156 Å². The Balaban J connectivity index is 1.88. The molecule has 0 unspecified atom stereocenters. The molecule has 2 rings (SSSR count). The number of aromatic amines is 2. The van der Waals surface area contributed by atoms with E-state index in [0.717, 1.165) is 11.3 Å². The average molecular weight is 372 g/mol. The maximum absolute atomic E-state index is 11.9. The number of benzene rings is 1. The molecule has 0 saturated heterocycles. The second-order valence-electron chi connectivity index (χ2n) is 6.58. The summed E-state index contributed by atoms with van der Waals surface area (Å²) in [4.78, 5) is 39.5. The summed E-state index contributed by atoms with van der Waals surface area (Å²) in [5.74, 6) is 0.843. The average Bonchev–Trinajstić information content (AvgIpc) is 2.59. The van der Waals surface area contributed by atoms with Crippen LogP contribution in [0.4, 0.5) is 0 Å². The quantitative estimate of drug-likeness (QED) is 0.481. The van der Waals surface area contributed by atoms with E-state index in [4.69, 9.17) is 4.74 Å². The normalized spacial score (nSPS) is 11.1. The highest BCUT2D eigenvalue weighted by molar-refractivity contribution is 5.82. The number of amides is 1. The van der Waals surface area contributed by atoms with Gasteiger partial charge in [-0.2, -0.15) is 5.10 Å². The van der Waals surface area contributed by atoms with Crippen molar-refractivity contribution in [2.75, 3.05) is 6.61 Å². The van der Waals surface area contributed by atoms with Gasteiger partial charge in [-0.15, -0.1) is 0 Å². The minimum atomic E-state index is -0.560. The number of aromatic nitrogens is 2. The summed E-state index contributed by atoms with van der Waals surface area (Å²) in [5.41, 5.74) is 3.02. The third-order valence-electron chi connectivity index (χ3n) is 3.70. The third-order valence-corrected chi connectivity index (χ3v) is 3.70. The second kappa shape index (κ2) is 9.51. The van der Waals surface area contributed by atoms with Crippen molar-refractivity contribution >= 4 is 12.1 Å². The summed E-state index contributed by atoms with van der Waals surface area (Å²) in [6, 6.07) is 7.40. The Bertz CT molecular complexity index is 928. The molecule has 8 heteroatoms. The molecular formula is C19H24N4O4. The molecule has 0 saturated carbocycles. The maximum atomic E-state index is 11.9. The summed E-state index contributed by atoms with van der Waals surface area (Å²) in [5, 5.41) is 3.93. The van der Waals surface area contributed by atoms with Gasteiger partial charge in [-0.1, -0.05) is 26.0 Å². The number of nitrogens with zero attached hydrogens (tertiary/aromatic N) is 1. The molecule has 0 bridgehead atoms. The molecule has 2 aromatic rings. The first kappa shape index (κ1) is 20.2. The minimum Gasteiger partial charge on any atom is -0.493 e. The Morgan fingerprint density at radius 3 is 2.78 bits per heavy atom. The van der Waals surface area contributed by atoms with E-state index in [1.54, 1.807) is 6.92 Å². The van der Waals surface area contributed by atoms with Crippen molar-refractivity contribution in [2.45, 2.75) is 33.6 Å². The predicted octanol–water partition coefficient (Wildman–Crippen LogP) is 1.49. The SMILES string of the molecule is Cc1[nH]c(=O)[nH]c(=O)c1CCC(=O)N/N=C/c1cccc(OCC(C)C)c1. The number of carbonyl (C=O) groups excluding carboxylic acids is 1. The van der Waals surface area contributed by atoms with Gasteiger partial charge in [-0.05, 0) is 37.0 Å². The largest absolute Gasteiger partial charge is 0.493 e. The van der Waals surface area contributed by atoms with Crippen LogP contribution >= 0.6 is 0 Å². The Morgan fingerprint density at radius 2 is 2.07 bits per heavy atom. The van der Waals surface area contributed by atoms with Crippen molar-refractivity contribution in [3.05, 3.63) is 61.9 Å². The van der Waals surface area contributed by atoms with E-state index < -0.39 is 11.2 Å². The zero-order chi connectivity index (χ0) is 19.8. The van der Waals surface area contributed by atoms with E-state index in [1.165, 1.54) is 6.21 Å². The number of ether oxygens (including phenoxy) is 1. The fraction of sp³-hybridized carbons (Fsp3) is 0.368. The van der Waals surface area contributed by atoms with E-state index in [9.17, 15) is 14.4 Å². The van der Waals surface area contributed by atoms with Gasteiger partial charge in [0.25, 0.3) is 5.56 Å². The van der Waals surface area contributed by atoms with Crippen LogP contribution in [-0.4, -0.2) is 28.7 Å². The Hall–Kier alpha value is -3.16. The highest BCUT2D eigenvalue weighted by Crippen LogP contribution is 2.13. The maximum Gasteiger partial charge on any atom is 0.325 e. The van der Waals surface area contributed by atoms with Gasteiger partial charge in [-0.25, -0.2) is 10.2 Å². The fourth-order valence-electron chi connectivity index (χ4n) is 2.35. The number of rotatable bonds is 8. The third kappa shape index (κ3) is 6.58. The van der Waals surface area contributed by atoms with Gasteiger partial charge in [0.05, 0.1) is 12.8 Å². The van der Waals surface area contributed by atoms with Crippen molar-refractivity contribution in [1.82, 2.24) is 15.4 Å². The van der Waals surface area contributed by atoms with E-state index in [1.807, 2.05) is 24.3 Å². The lowest BCUT2D eigenvalue weighted by Crippen LogP contribution is -2.28. The number of hydrogen-bond donors (Lipinski definition) is 3. The van der Waals surface area contributed by atoms with Crippen LogP contribution in [0.25, 0.3) is 0 Å². The van der Waals surface area contributed by atoms with Crippen LogP contribution in [0, 0.1) is 12.8 Å². The van der Waals surface area contributed by atoms with Gasteiger partial charge in [0.15, 0.2) is 0 Å². The Kier molecular flexibility index (Phi) is 7.10. The molecule has 27 heavy (non-hydrogen) atoms. The van der Waals surface area contributed by atoms with Crippen LogP contribution < -0.4 is 21.4 Å². The zero-order valence-electron chi connectivity index (χ0n) is 15.7. The summed E-state index contributed by atoms with van der Waals surface area (Å²) < 4.78 is 5.65. The molecule has 8 nitrogen and oxygen atoms in total. The number of aryl methyl sites for hydroxylation is 1. The first-order valence-electron chi connectivity index (χ1n) is 8.72. The molecule has 0 aliphatic carbocycles. The van der Waals surface area contributed by atoms with Crippen LogP contribution in [0.5, 0.6) is 5.75 Å². The molecule has 1 aromatic carbocycles. The van der Waals surface area contributed by atoms with Crippen molar-refractivity contribution in [3.63, 3.8) is 0 Å². The van der Waals surface area contributed by atoms with Crippen molar-refractivity contribution < 1.29 is 9.53 Å². The number of hydrazone groups is 1. The van der Waals surface area contributed by atoms with Gasteiger partial charge in [0.1, 0.15) is 5.75 Å². The summed E-state index contributed by atoms with van der Waals surface area (Å²) in [6.45, 7) is 6.39. The number of hydrogen-bond acceptors (Lipinski definition) is 5. The molecule has 0 fully saturated rings. The molecule has 3 N–H and O–H groups in total. The summed E-state index contributed by atoms with van der Waals surface area (Å²) >= 11 is 0. The van der Waals surface area contributed by atoms with E-state index >= 15 is 0 Å². The van der Waals surface area contributed by atoms with Crippen LogP contribution in [-0.2, 0) is 11.2 Å². The molecule has 0 radical (unpaired) electrons.